The van der Waals surface area contributed by atoms with E-state index in [-0.39, 0.29) is 0 Å². The van der Waals surface area contributed by atoms with Crippen molar-refractivity contribution in [2.45, 2.75) is 0 Å². The van der Waals surface area contributed by atoms with Gasteiger partial charge in [0.2, 0.25) is 0 Å². The van der Waals surface area contributed by atoms with Crippen LogP contribution in [0.25, 0.3) is 21.9 Å². The molecule has 0 atom stereocenters. The molecule has 4 rings (SSSR count). The molecule has 1 nitrogen and oxygen atoms in total. The summed E-state index contributed by atoms with van der Waals surface area (Å²) in [6, 6.07) is 33.8. The van der Waals surface area contributed by atoms with Gasteiger partial charge in [-0.2, -0.15) is 0 Å². The second kappa shape index (κ2) is 5.98. The highest BCUT2D eigenvalue weighted by atomic mass is 14.9. The van der Waals surface area contributed by atoms with E-state index in [1.54, 1.807) is 0 Å². The molecule has 0 aliphatic heterocycles. The minimum absolute atomic E-state index is 1.10. The van der Waals surface area contributed by atoms with Gasteiger partial charge < -0.3 is 5.32 Å². The highest BCUT2D eigenvalue weighted by molar-refractivity contribution is 5.95. The van der Waals surface area contributed by atoms with Crippen LogP contribution in [0.4, 0.5) is 11.4 Å². The van der Waals surface area contributed by atoms with Crippen molar-refractivity contribution in [3.05, 3.63) is 97.1 Å². The van der Waals surface area contributed by atoms with E-state index in [2.05, 4.69) is 96.3 Å². The van der Waals surface area contributed by atoms with Crippen molar-refractivity contribution < 1.29 is 0 Å². The van der Waals surface area contributed by atoms with Crippen LogP contribution in [0.1, 0.15) is 0 Å². The first kappa shape index (κ1) is 13.6. The van der Waals surface area contributed by atoms with Gasteiger partial charge in [0.05, 0.1) is 0 Å². The van der Waals surface area contributed by atoms with Crippen LogP contribution in [-0.2, 0) is 0 Å². The summed E-state index contributed by atoms with van der Waals surface area (Å²) in [5, 5.41) is 6.01. The number of fused-ring (bicyclic) bond motifs is 1. The Hall–Kier alpha value is -3.06. The highest BCUT2D eigenvalue weighted by Gasteiger charge is 2.01. The van der Waals surface area contributed by atoms with Crippen LogP contribution in [0.15, 0.2) is 97.1 Å². The fraction of sp³-hybridized carbons (Fsp3) is 0. The molecule has 1 N–H and O–H groups in total. The topological polar surface area (TPSA) is 12.0 Å². The van der Waals surface area contributed by atoms with Crippen LogP contribution in [0.3, 0.4) is 0 Å². The van der Waals surface area contributed by atoms with Gasteiger partial charge in [-0.25, -0.2) is 0 Å². The van der Waals surface area contributed by atoms with E-state index < -0.39 is 0 Å². The first-order valence-corrected chi connectivity index (χ1v) is 7.80. The molecule has 0 amide bonds. The minimum atomic E-state index is 1.10. The predicted molar refractivity (Wildman–Crippen MR) is 99.1 cm³/mol. The molecule has 0 aliphatic carbocycles. The van der Waals surface area contributed by atoms with Gasteiger partial charge in [0.25, 0.3) is 0 Å². The molecule has 0 fully saturated rings. The lowest BCUT2D eigenvalue weighted by Crippen LogP contribution is -1.91. The van der Waals surface area contributed by atoms with Gasteiger partial charge in [-0.1, -0.05) is 78.9 Å². The van der Waals surface area contributed by atoms with Crippen molar-refractivity contribution >= 4 is 22.1 Å². The van der Waals surface area contributed by atoms with E-state index in [0.717, 1.165) is 11.4 Å². The van der Waals surface area contributed by atoms with Gasteiger partial charge >= 0.3 is 0 Å². The zero-order chi connectivity index (χ0) is 15.5. The molecule has 0 heterocycles. The van der Waals surface area contributed by atoms with E-state index in [9.17, 15) is 0 Å². The third-order valence-electron chi connectivity index (χ3n) is 4.06. The summed E-state index contributed by atoms with van der Waals surface area (Å²) in [5.74, 6) is 0. The Kier molecular flexibility index (Phi) is 3.53. The summed E-state index contributed by atoms with van der Waals surface area (Å²) in [4.78, 5) is 0. The summed E-state index contributed by atoms with van der Waals surface area (Å²) in [6.45, 7) is 0. The Bertz CT molecular complexity index is 919. The molecular weight excluding hydrogens is 278 g/mol. The van der Waals surface area contributed by atoms with Crippen molar-refractivity contribution in [1.82, 2.24) is 0 Å². The molecule has 0 aromatic heterocycles. The molecule has 0 aliphatic rings. The zero-order valence-electron chi connectivity index (χ0n) is 12.7. The molecule has 0 saturated heterocycles. The lowest BCUT2D eigenvalue weighted by Gasteiger charge is -2.10. The average molecular weight is 295 g/mol. The normalized spacial score (nSPS) is 10.6. The van der Waals surface area contributed by atoms with Gasteiger partial charge in [0.1, 0.15) is 0 Å². The lowest BCUT2D eigenvalue weighted by atomic mass is 10.1. The molecule has 0 saturated carbocycles. The number of hydrogen-bond donors (Lipinski definition) is 1. The summed E-state index contributed by atoms with van der Waals surface area (Å²) >= 11 is 0. The van der Waals surface area contributed by atoms with Gasteiger partial charge in [0, 0.05) is 16.8 Å². The van der Waals surface area contributed by atoms with Gasteiger partial charge in [-0.3, -0.25) is 0 Å². The molecular formula is C22H17N. The molecule has 0 bridgehead atoms. The van der Waals surface area contributed by atoms with Crippen LogP contribution in [0.5, 0.6) is 0 Å². The summed E-state index contributed by atoms with van der Waals surface area (Å²) in [7, 11) is 0. The molecule has 0 radical (unpaired) electrons. The van der Waals surface area contributed by atoms with E-state index in [4.69, 9.17) is 0 Å². The van der Waals surface area contributed by atoms with E-state index in [1.807, 2.05) is 6.07 Å². The van der Waals surface area contributed by atoms with Gasteiger partial charge in [-0.05, 0) is 34.7 Å². The van der Waals surface area contributed by atoms with Gasteiger partial charge in [0.15, 0.2) is 0 Å². The third-order valence-corrected chi connectivity index (χ3v) is 4.06. The quantitative estimate of drug-likeness (QED) is 0.471. The highest BCUT2D eigenvalue weighted by Crippen LogP contribution is 2.27. The number of nitrogens with one attached hydrogen (secondary N) is 1. The maximum Gasteiger partial charge on any atom is 0.0463 e. The zero-order valence-corrected chi connectivity index (χ0v) is 12.7. The van der Waals surface area contributed by atoms with Crippen LogP contribution >= 0.6 is 0 Å². The number of anilines is 2. The number of rotatable bonds is 3. The third kappa shape index (κ3) is 2.82. The Labute approximate surface area is 136 Å². The number of hydrogen-bond acceptors (Lipinski definition) is 1. The Morgan fingerprint density at radius 1 is 0.478 bits per heavy atom. The molecule has 1 heteroatoms. The van der Waals surface area contributed by atoms with Crippen molar-refractivity contribution in [1.29, 1.82) is 0 Å². The predicted octanol–water partition coefficient (Wildman–Crippen LogP) is 6.25. The molecule has 23 heavy (non-hydrogen) atoms. The average Bonchev–Trinajstić information content (AvgIpc) is 2.63. The second-order valence-electron chi connectivity index (χ2n) is 5.60. The molecule has 110 valence electrons. The van der Waals surface area contributed by atoms with E-state index >= 15 is 0 Å². The molecule has 0 unspecified atom stereocenters. The van der Waals surface area contributed by atoms with Crippen LogP contribution in [-0.4, -0.2) is 0 Å². The van der Waals surface area contributed by atoms with Crippen LogP contribution < -0.4 is 5.32 Å². The lowest BCUT2D eigenvalue weighted by molar-refractivity contribution is 1.56. The Balaban J connectivity index is 1.64. The van der Waals surface area contributed by atoms with Crippen LogP contribution in [0.2, 0.25) is 0 Å². The van der Waals surface area contributed by atoms with Crippen molar-refractivity contribution in [3.63, 3.8) is 0 Å². The first-order chi connectivity index (χ1) is 11.4. The minimum Gasteiger partial charge on any atom is -0.355 e. The fourth-order valence-corrected chi connectivity index (χ4v) is 2.87. The molecule has 4 aromatic rings. The van der Waals surface area contributed by atoms with Crippen LogP contribution in [0, 0.1) is 0 Å². The summed E-state index contributed by atoms with van der Waals surface area (Å²) in [6.07, 6.45) is 0. The molecule has 0 spiro atoms. The number of benzene rings is 4. The Morgan fingerprint density at radius 3 is 1.96 bits per heavy atom. The van der Waals surface area contributed by atoms with Crippen molar-refractivity contribution in [2.24, 2.45) is 0 Å². The maximum atomic E-state index is 3.53. The first-order valence-electron chi connectivity index (χ1n) is 7.80. The summed E-state index contributed by atoms with van der Waals surface area (Å²) in [5.41, 5.74) is 4.70. The smallest absolute Gasteiger partial charge is 0.0463 e. The standard InChI is InChI=1S/C22H17N/c1-2-7-17(8-3-1)18-13-15-20(16-14-18)23-22-12-6-10-19-9-4-5-11-21(19)22/h1-16,23H. The SMILES string of the molecule is c1ccc(-c2ccc(Nc3cccc4ccccc34)cc2)cc1. The van der Waals surface area contributed by atoms with E-state index in [1.165, 1.54) is 21.9 Å². The fourth-order valence-electron chi connectivity index (χ4n) is 2.87. The maximum absolute atomic E-state index is 3.53. The van der Waals surface area contributed by atoms with Gasteiger partial charge in [-0.15, -0.1) is 0 Å². The van der Waals surface area contributed by atoms with E-state index in [0.29, 0.717) is 0 Å². The largest absolute Gasteiger partial charge is 0.355 e. The summed E-state index contributed by atoms with van der Waals surface area (Å²) < 4.78 is 0. The molecule has 4 aromatic carbocycles. The van der Waals surface area contributed by atoms with Crippen molar-refractivity contribution in [3.8, 4) is 11.1 Å². The second-order valence-corrected chi connectivity index (χ2v) is 5.60. The van der Waals surface area contributed by atoms with Crippen molar-refractivity contribution in [2.75, 3.05) is 5.32 Å². The Morgan fingerprint density at radius 2 is 1.13 bits per heavy atom. The monoisotopic (exact) mass is 295 g/mol.